The molecule has 0 saturated carbocycles. The molecule has 1 atom stereocenters. The lowest BCUT2D eigenvalue weighted by atomic mass is 9.74. The third-order valence-corrected chi connectivity index (χ3v) is 8.98. The van der Waals surface area contributed by atoms with Gasteiger partial charge in [-0.25, -0.2) is 0 Å². The number of hydrogen-bond acceptors (Lipinski definition) is 7. The van der Waals surface area contributed by atoms with Crippen molar-refractivity contribution in [2.24, 2.45) is 10.6 Å². The summed E-state index contributed by atoms with van der Waals surface area (Å²) in [4.78, 5) is 15.9. The van der Waals surface area contributed by atoms with Crippen molar-refractivity contribution in [3.05, 3.63) is 86.6 Å². The molecule has 4 aromatic rings. The van der Waals surface area contributed by atoms with Crippen LogP contribution in [0.2, 0.25) is 0 Å². The van der Waals surface area contributed by atoms with Gasteiger partial charge in [-0.2, -0.15) is 0 Å². The van der Waals surface area contributed by atoms with Gasteiger partial charge in [0.25, 0.3) is 0 Å². The molecule has 0 unspecified atom stereocenters. The zero-order valence-electron chi connectivity index (χ0n) is 25.2. The van der Waals surface area contributed by atoms with E-state index in [1.165, 1.54) is 0 Å². The first-order valence-corrected chi connectivity index (χ1v) is 14.7. The maximum Gasteiger partial charge on any atom is 0.583 e. The maximum absolute atomic E-state index is 13.7. The fraction of sp³-hybridized carbons (Fsp3) is 0.353. The van der Waals surface area contributed by atoms with Gasteiger partial charge >= 0.3 is 7.12 Å². The first-order chi connectivity index (χ1) is 20.0. The molecule has 0 bridgehead atoms. The van der Waals surface area contributed by atoms with Gasteiger partial charge in [-0.1, -0.05) is 50.2 Å². The Kier molecular flexibility index (Phi) is 7.13. The monoisotopic (exact) mass is 563 g/mol. The average molecular weight is 564 g/mol. The molecular formula is C34H38BN3O4. The van der Waals surface area contributed by atoms with Crippen molar-refractivity contribution < 1.29 is 14.2 Å². The van der Waals surface area contributed by atoms with Gasteiger partial charge in [0.2, 0.25) is 5.88 Å². The second kappa shape index (κ2) is 10.7. The molecule has 2 aliphatic rings. The number of aryl methyl sites for hydroxylation is 1. The number of hydrogen-bond donors (Lipinski definition) is 2. The minimum atomic E-state index is -1.07. The molecule has 8 heteroatoms. The Morgan fingerprint density at radius 3 is 2.52 bits per heavy atom. The Labute approximate surface area is 247 Å². The van der Waals surface area contributed by atoms with Crippen LogP contribution >= 0.6 is 0 Å². The summed E-state index contributed by atoms with van der Waals surface area (Å²) >= 11 is 0. The first-order valence-electron chi connectivity index (χ1n) is 14.7. The summed E-state index contributed by atoms with van der Waals surface area (Å²) in [7, 11) is -1.07. The molecule has 1 fully saturated rings. The number of anilines is 2. The Bertz CT molecular complexity index is 1770. The lowest BCUT2D eigenvalue weighted by Crippen LogP contribution is -2.38. The van der Waals surface area contributed by atoms with Crippen LogP contribution in [0.25, 0.3) is 22.1 Å². The van der Waals surface area contributed by atoms with Gasteiger partial charge in [0.1, 0.15) is 5.58 Å². The number of benzene rings is 3. The first kappa shape index (κ1) is 28.1. The van der Waals surface area contributed by atoms with E-state index in [2.05, 4.69) is 54.3 Å². The van der Waals surface area contributed by atoms with E-state index in [-0.39, 0.29) is 11.5 Å². The molecule has 0 radical (unpaired) electrons. The van der Waals surface area contributed by atoms with Gasteiger partial charge in [0.05, 0.1) is 23.2 Å². The van der Waals surface area contributed by atoms with E-state index in [4.69, 9.17) is 9.17 Å². The molecule has 42 heavy (non-hydrogen) atoms. The van der Waals surface area contributed by atoms with Crippen LogP contribution < -0.4 is 21.1 Å². The summed E-state index contributed by atoms with van der Waals surface area (Å²) < 4.78 is 11.7. The van der Waals surface area contributed by atoms with Gasteiger partial charge in [0.15, 0.2) is 5.43 Å². The van der Waals surface area contributed by atoms with E-state index in [1.807, 2.05) is 51.1 Å². The molecule has 2 N–H and O–H groups in total. The van der Waals surface area contributed by atoms with Crippen LogP contribution in [0.5, 0.6) is 0 Å². The molecule has 7 nitrogen and oxygen atoms in total. The maximum atomic E-state index is 13.7. The molecule has 2 aliphatic heterocycles. The van der Waals surface area contributed by atoms with Crippen LogP contribution in [0.4, 0.5) is 11.6 Å². The molecule has 6 rings (SSSR count). The highest BCUT2D eigenvalue weighted by Gasteiger charge is 2.30. The van der Waals surface area contributed by atoms with E-state index in [0.29, 0.717) is 33.3 Å². The second-order valence-corrected chi connectivity index (χ2v) is 12.6. The van der Waals surface area contributed by atoms with Gasteiger partial charge < -0.3 is 24.4 Å². The molecule has 3 heterocycles. The van der Waals surface area contributed by atoms with Crippen LogP contribution in [-0.2, 0) is 4.76 Å². The standard InChI is InChI=1S/C34H38BN3O4/c1-20-17-26(32-27(18-20)31(39)22(3)33(41-32)38-15-13-34(5,6)14-16-38)23(4)37-30-10-8-7-9-25(30)24-11-12-29-28(21(24)2)19-36-42-35(29)40/h7-12,17-19,23,37,40H,13-16H2,1-6H3/t23-/m1/s1. The van der Waals surface area contributed by atoms with Crippen LogP contribution in [0, 0.1) is 26.2 Å². The van der Waals surface area contributed by atoms with Crippen LogP contribution in [0.15, 0.2) is 62.9 Å². The number of rotatable bonds is 5. The quantitative estimate of drug-likeness (QED) is 0.280. The SMILES string of the molecule is Cc1cc([C@@H](C)Nc2ccccc2-c2ccc3c(c2C)C=NOB3O)c2oc(N3CCC(C)(C)CC3)c(C)c(=O)c2c1. The van der Waals surface area contributed by atoms with Crippen molar-refractivity contribution in [3.63, 3.8) is 0 Å². The lowest BCUT2D eigenvalue weighted by molar-refractivity contribution is 0.274. The van der Waals surface area contributed by atoms with Crippen LogP contribution in [0.3, 0.4) is 0 Å². The zero-order chi connectivity index (χ0) is 29.8. The molecule has 216 valence electrons. The molecule has 1 aromatic heterocycles. The molecular weight excluding hydrogens is 525 g/mol. The van der Waals surface area contributed by atoms with Crippen molar-refractivity contribution in [2.45, 2.75) is 60.4 Å². The number of oxime groups is 1. The van der Waals surface area contributed by atoms with Crippen LogP contribution in [-0.4, -0.2) is 31.4 Å². The largest absolute Gasteiger partial charge is 0.583 e. The number of para-hydroxylation sites is 1. The van der Waals surface area contributed by atoms with Gasteiger partial charge in [-0.05, 0) is 74.8 Å². The average Bonchev–Trinajstić information content (AvgIpc) is 2.96. The predicted molar refractivity (Wildman–Crippen MR) is 172 cm³/mol. The van der Waals surface area contributed by atoms with E-state index >= 15 is 0 Å². The number of nitrogens with zero attached hydrogens (tertiary/aromatic N) is 2. The molecule has 0 amide bonds. The molecule has 0 aliphatic carbocycles. The highest BCUT2D eigenvalue weighted by Crippen LogP contribution is 2.38. The third kappa shape index (κ3) is 4.98. The van der Waals surface area contributed by atoms with Gasteiger partial charge in [-0.15, -0.1) is 5.16 Å². The van der Waals surface area contributed by atoms with Gasteiger partial charge in [-0.3, -0.25) is 4.79 Å². The Morgan fingerprint density at radius 1 is 1.02 bits per heavy atom. The Hall–Kier alpha value is -4.04. The van der Waals surface area contributed by atoms with Gasteiger partial charge in [0, 0.05) is 40.9 Å². The van der Waals surface area contributed by atoms with Crippen molar-refractivity contribution in [1.29, 1.82) is 0 Å². The lowest BCUT2D eigenvalue weighted by Gasteiger charge is -2.37. The zero-order valence-corrected chi connectivity index (χ0v) is 25.2. The van der Waals surface area contributed by atoms with Crippen molar-refractivity contribution in [3.8, 4) is 11.1 Å². The topological polar surface area (TPSA) is 87.3 Å². The Balaban J connectivity index is 1.40. The summed E-state index contributed by atoms with van der Waals surface area (Å²) in [6, 6.07) is 16.0. The molecule has 1 saturated heterocycles. The van der Waals surface area contributed by atoms with Crippen molar-refractivity contribution in [2.75, 3.05) is 23.3 Å². The minimum absolute atomic E-state index is 0.0335. The van der Waals surface area contributed by atoms with Crippen molar-refractivity contribution >= 4 is 41.3 Å². The highest BCUT2D eigenvalue weighted by atomic mass is 16.6. The Morgan fingerprint density at radius 2 is 1.76 bits per heavy atom. The summed E-state index contributed by atoms with van der Waals surface area (Å²) in [6.07, 6.45) is 3.77. The summed E-state index contributed by atoms with van der Waals surface area (Å²) in [6.45, 7) is 14.4. The summed E-state index contributed by atoms with van der Waals surface area (Å²) in [5.74, 6) is 0.693. The molecule has 0 spiro atoms. The smallest absolute Gasteiger partial charge is 0.440 e. The van der Waals surface area contributed by atoms with E-state index < -0.39 is 7.12 Å². The number of piperidine rings is 1. The second-order valence-electron chi connectivity index (χ2n) is 12.6. The van der Waals surface area contributed by atoms with E-state index in [1.54, 1.807) is 6.21 Å². The van der Waals surface area contributed by atoms with E-state index in [0.717, 1.165) is 65.0 Å². The number of fused-ring (bicyclic) bond motifs is 2. The highest BCUT2D eigenvalue weighted by molar-refractivity contribution is 6.62. The summed E-state index contributed by atoms with van der Waals surface area (Å²) in [5.41, 5.74) is 9.22. The van der Waals surface area contributed by atoms with E-state index in [9.17, 15) is 9.82 Å². The number of nitrogens with one attached hydrogen (secondary N) is 1. The summed E-state index contributed by atoms with van der Waals surface area (Å²) in [5, 5.41) is 18.5. The van der Waals surface area contributed by atoms with Crippen molar-refractivity contribution in [1.82, 2.24) is 0 Å². The fourth-order valence-corrected chi connectivity index (χ4v) is 6.28. The normalized spacial score (nSPS) is 16.7. The third-order valence-electron chi connectivity index (χ3n) is 8.98. The molecule has 3 aromatic carbocycles. The minimum Gasteiger partial charge on any atom is -0.440 e. The van der Waals surface area contributed by atoms with Crippen LogP contribution in [0.1, 0.15) is 67.5 Å². The predicted octanol–water partition coefficient (Wildman–Crippen LogP) is 6.24. The fourth-order valence-electron chi connectivity index (χ4n) is 6.28.